The maximum Gasteiger partial charge on any atom is 0.225 e. The Morgan fingerprint density at radius 2 is 1.88 bits per heavy atom. The SMILES string of the molecule is Cc1cc2cc(NC(=O)CCS(=O)(=O)c3ccc(F)cc3)cc(Cl)c2o1. The van der Waals surface area contributed by atoms with E-state index in [2.05, 4.69) is 5.32 Å². The highest BCUT2D eigenvalue weighted by Crippen LogP contribution is 2.30. The Morgan fingerprint density at radius 1 is 1.19 bits per heavy atom. The van der Waals surface area contributed by atoms with Crippen LogP contribution in [0, 0.1) is 12.7 Å². The van der Waals surface area contributed by atoms with Gasteiger partial charge in [-0.3, -0.25) is 4.79 Å². The number of carbonyl (C=O) groups excluding carboxylic acids is 1. The molecule has 3 aromatic rings. The molecule has 5 nitrogen and oxygen atoms in total. The largest absolute Gasteiger partial charge is 0.460 e. The van der Waals surface area contributed by atoms with E-state index in [1.165, 1.54) is 12.1 Å². The second-order valence-corrected chi connectivity index (χ2v) is 8.32. The third-order valence-electron chi connectivity index (χ3n) is 3.75. The molecule has 0 aliphatic rings. The molecule has 0 aliphatic heterocycles. The third-order valence-corrected chi connectivity index (χ3v) is 5.76. The normalized spacial score (nSPS) is 11.7. The molecule has 0 fully saturated rings. The molecule has 0 aliphatic carbocycles. The second kappa shape index (κ2) is 7.09. The Labute approximate surface area is 154 Å². The van der Waals surface area contributed by atoms with Crippen molar-refractivity contribution in [3.8, 4) is 0 Å². The Hall–Kier alpha value is -2.38. The minimum atomic E-state index is -3.67. The summed E-state index contributed by atoms with van der Waals surface area (Å²) in [4.78, 5) is 12.1. The van der Waals surface area contributed by atoms with Crippen molar-refractivity contribution in [2.24, 2.45) is 0 Å². The summed E-state index contributed by atoms with van der Waals surface area (Å²) in [6, 6.07) is 9.52. The van der Waals surface area contributed by atoms with Gasteiger partial charge in [0.05, 0.1) is 15.7 Å². The number of hydrogen-bond acceptors (Lipinski definition) is 4. The van der Waals surface area contributed by atoms with Gasteiger partial charge in [0.2, 0.25) is 5.91 Å². The molecule has 0 radical (unpaired) electrons. The van der Waals surface area contributed by atoms with E-state index in [0.29, 0.717) is 22.1 Å². The van der Waals surface area contributed by atoms with Gasteiger partial charge in [0.1, 0.15) is 11.6 Å². The molecule has 3 rings (SSSR count). The fourth-order valence-electron chi connectivity index (χ4n) is 2.52. The highest BCUT2D eigenvalue weighted by molar-refractivity contribution is 7.91. The molecule has 26 heavy (non-hydrogen) atoms. The van der Waals surface area contributed by atoms with E-state index in [1.807, 2.05) is 0 Å². The van der Waals surface area contributed by atoms with Crippen LogP contribution in [-0.4, -0.2) is 20.1 Å². The lowest BCUT2D eigenvalue weighted by Gasteiger charge is -2.07. The summed E-state index contributed by atoms with van der Waals surface area (Å²) < 4.78 is 42.7. The van der Waals surface area contributed by atoms with E-state index in [9.17, 15) is 17.6 Å². The van der Waals surface area contributed by atoms with Gasteiger partial charge in [-0.05, 0) is 49.4 Å². The van der Waals surface area contributed by atoms with Crippen LogP contribution in [0.15, 0.2) is 51.8 Å². The molecule has 0 saturated heterocycles. The van der Waals surface area contributed by atoms with Gasteiger partial charge in [-0.2, -0.15) is 0 Å². The van der Waals surface area contributed by atoms with Crippen LogP contribution < -0.4 is 5.32 Å². The Balaban J connectivity index is 1.68. The van der Waals surface area contributed by atoms with Crippen LogP contribution in [0.25, 0.3) is 11.0 Å². The zero-order chi connectivity index (χ0) is 18.9. The molecular weight excluding hydrogens is 381 g/mol. The molecule has 0 unspecified atom stereocenters. The van der Waals surface area contributed by atoms with Crippen molar-refractivity contribution in [2.75, 3.05) is 11.1 Å². The predicted octanol–water partition coefficient (Wildman–Crippen LogP) is 4.34. The van der Waals surface area contributed by atoms with E-state index >= 15 is 0 Å². The average Bonchev–Trinajstić information content (AvgIpc) is 2.94. The summed E-state index contributed by atoms with van der Waals surface area (Å²) in [6.07, 6.45) is -0.236. The number of fused-ring (bicyclic) bond motifs is 1. The number of hydrogen-bond donors (Lipinski definition) is 1. The topological polar surface area (TPSA) is 76.4 Å². The molecule has 136 valence electrons. The average molecular weight is 396 g/mol. The van der Waals surface area contributed by atoms with E-state index in [0.717, 1.165) is 17.5 Å². The maximum absolute atomic E-state index is 12.9. The van der Waals surface area contributed by atoms with Crippen LogP contribution >= 0.6 is 11.6 Å². The lowest BCUT2D eigenvalue weighted by Crippen LogP contribution is -2.17. The molecular formula is C18H15ClFNO4S. The molecule has 1 N–H and O–H groups in total. The number of halogens is 2. The highest BCUT2D eigenvalue weighted by Gasteiger charge is 2.17. The zero-order valence-electron chi connectivity index (χ0n) is 13.8. The fourth-order valence-corrected chi connectivity index (χ4v) is 4.03. The van der Waals surface area contributed by atoms with E-state index < -0.39 is 21.6 Å². The first-order chi connectivity index (χ1) is 12.2. The Kier molecular flexibility index (Phi) is 5.02. The second-order valence-electron chi connectivity index (χ2n) is 5.80. The van der Waals surface area contributed by atoms with Crippen molar-refractivity contribution in [3.05, 3.63) is 59.1 Å². The monoisotopic (exact) mass is 395 g/mol. The van der Waals surface area contributed by atoms with Crippen molar-refractivity contribution >= 4 is 44.0 Å². The van der Waals surface area contributed by atoms with Gasteiger partial charge in [0.25, 0.3) is 0 Å². The fraction of sp³-hybridized carbons (Fsp3) is 0.167. The number of anilines is 1. The molecule has 1 amide bonds. The van der Waals surface area contributed by atoms with E-state index in [-0.39, 0.29) is 17.1 Å². The number of sulfone groups is 1. The predicted molar refractivity (Wildman–Crippen MR) is 97.7 cm³/mol. The number of furan rings is 1. The molecule has 0 spiro atoms. The number of aryl methyl sites for hydroxylation is 1. The van der Waals surface area contributed by atoms with Gasteiger partial charge in [0, 0.05) is 17.5 Å². The van der Waals surface area contributed by atoms with E-state index in [1.54, 1.807) is 25.1 Å². The van der Waals surface area contributed by atoms with Crippen molar-refractivity contribution in [2.45, 2.75) is 18.2 Å². The van der Waals surface area contributed by atoms with Gasteiger partial charge in [-0.25, -0.2) is 12.8 Å². The first-order valence-electron chi connectivity index (χ1n) is 7.72. The molecule has 1 heterocycles. The number of amides is 1. The molecule has 2 aromatic carbocycles. The third kappa shape index (κ3) is 4.05. The first kappa shape index (κ1) is 18.4. The number of rotatable bonds is 5. The van der Waals surface area contributed by atoms with Gasteiger partial charge >= 0.3 is 0 Å². The minimum absolute atomic E-state index is 0.0231. The smallest absolute Gasteiger partial charge is 0.225 e. The van der Waals surface area contributed by atoms with Crippen molar-refractivity contribution < 1.29 is 22.0 Å². The van der Waals surface area contributed by atoms with Gasteiger partial charge < -0.3 is 9.73 Å². The van der Waals surface area contributed by atoms with E-state index in [4.69, 9.17) is 16.0 Å². The van der Waals surface area contributed by atoms with Crippen molar-refractivity contribution in [3.63, 3.8) is 0 Å². The maximum atomic E-state index is 12.9. The number of carbonyl (C=O) groups is 1. The molecule has 1 aromatic heterocycles. The zero-order valence-corrected chi connectivity index (χ0v) is 15.3. The van der Waals surface area contributed by atoms with Crippen LogP contribution in [0.5, 0.6) is 0 Å². The van der Waals surface area contributed by atoms with Gasteiger partial charge in [-0.1, -0.05) is 11.6 Å². The van der Waals surface area contributed by atoms with Gasteiger partial charge in [0.15, 0.2) is 15.4 Å². The lowest BCUT2D eigenvalue weighted by atomic mass is 10.2. The summed E-state index contributed by atoms with van der Waals surface area (Å²) in [5.74, 6) is -0.684. The summed E-state index contributed by atoms with van der Waals surface area (Å²) in [5, 5.41) is 3.72. The standard InChI is InChI=1S/C18H15ClFNO4S/c1-11-8-12-9-14(10-16(19)18(12)25-11)21-17(22)6-7-26(23,24)15-4-2-13(20)3-5-15/h2-5,8-10H,6-7H2,1H3,(H,21,22). The van der Waals surface area contributed by atoms with Crippen LogP contribution in [-0.2, 0) is 14.6 Å². The highest BCUT2D eigenvalue weighted by atomic mass is 35.5. The molecule has 0 bridgehead atoms. The summed E-state index contributed by atoms with van der Waals surface area (Å²) >= 11 is 6.13. The van der Waals surface area contributed by atoms with Crippen LogP contribution in [0.2, 0.25) is 5.02 Å². The molecule has 0 atom stereocenters. The molecule has 0 saturated carbocycles. The summed E-state index contributed by atoms with van der Waals surface area (Å²) in [5.41, 5.74) is 0.980. The minimum Gasteiger partial charge on any atom is -0.460 e. The van der Waals surface area contributed by atoms with Crippen molar-refractivity contribution in [1.82, 2.24) is 0 Å². The number of benzene rings is 2. The lowest BCUT2D eigenvalue weighted by molar-refractivity contribution is -0.115. The Bertz CT molecular complexity index is 1070. The van der Waals surface area contributed by atoms with Crippen LogP contribution in [0.1, 0.15) is 12.2 Å². The molecule has 8 heteroatoms. The quantitative estimate of drug-likeness (QED) is 0.652. The summed E-state index contributed by atoms with van der Waals surface area (Å²) in [6.45, 7) is 1.79. The summed E-state index contributed by atoms with van der Waals surface area (Å²) in [7, 11) is -3.67. The number of nitrogens with one attached hydrogen (secondary N) is 1. The van der Waals surface area contributed by atoms with Crippen LogP contribution in [0.4, 0.5) is 10.1 Å². The Morgan fingerprint density at radius 3 is 2.58 bits per heavy atom. The first-order valence-corrected chi connectivity index (χ1v) is 9.75. The van der Waals surface area contributed by atoms with Crippen molar-refractivity contribution in [1.29, 1.82) is 0 Å². The van der Waals surface area contributed by atoms with Gasteiger partial charge in [-0.15, -0.1) is 0 Å². The van der Waals surface area contributed by atoms with Crippen LogP contribution in [0.3, 0.4) is 0 Å².